The van der Waals surface area contributed by atoms with E-state index in [1.807, 2.05) is 54.6 Å². The summed E-state index contributed by atoms with van der Waals surface area (Å²) in [6.07, 6.45) is 0.0775. The van der Waals surface area contributed by atoms with E-state index in [1.54, 1.807) is 0 Å². The van der Waals surface area contributed by atoms with Crippen LogP contribution in [0.4, 0.5) is 4.79 Å². The zero-order valence-electron chi connectivity index (χ0n) is 13.1. The maximum Gasteiger partial charge on any atom is 0.407 e. The molecule has 0 fully saturated rings. The van der Waals surface area contributed by atoms with Gasteiger partial charge < -0.3 is 15.8 Å². The highest BCUT2D eigenvalue weighted by molar-refractivity contribution is 7.80. The summed E-state index contributed by atoms with van der Waals surface area (Å²) < 4.78 is 5.11. The van der Waals surface area contributed by atoms with Crippen LogP contribution in [0.5, 0.6) is 0 Å². The third-order valence-corrected chi connectivity index (χ3v) is 3.35. The number of thiocarbonyl (C=S) groups is 1. The van der Waals surface area contributed by atoms with Crippen LogP contribution in [0, 0.1) is 11.8 Å². The van der Waals surface area contributed by atoms with Gasteiger partial charge in [-0.05, 0) is 17.7 Å². The molecule has 24 heavy (non-hydrogen) atoms. The smallest absolute Gasteiger partial charge is 0.407 e. The number of nitrogens with two attached hydrogens (primary N) is 1. The average molecular weight is 338 g/mol. The zero-order valence-corrected chi connectivity index (χ0v) is 13.9. The highest BCUT2D eigenvalue weighted by Crippen LogP contribution is 2.04. The number of nitrogens with one attached hydrogen (secondary N) is 1. The molecule has 0 unspecified atom stereocenters. The van der Waals surface area contributed by atoms with E-state index >= 15 is 0 Å². The van der Waals surface area contributed by atoms with Crippen molar-refractivity contribution in [2.24, 2.45) is 5.73 Å². The molecule has 0 radical (unpaired) electrons. The number of alkyl carbamates (subject to hydrolysis) is 1. The van der Waals surface area contributed by atoms with Crippen molar-refractivity contribution in [2.45, 2.75) is 13.0 Å². The summed E-state index contributed by atoms with van der Waals surface area (Å²) >= 11 is 4.93. The maximum atomic E-state index is 11.6. The molecule has 2 rings (SSSR count). The lowest BCUT2D eigenvalue weighted by atomic mass is 10.1. The number of ether oxygens (including phenoxy) is 1. The predicted octanol–water partition coefficient (Wildman–Crippen LogP) is 2.99. The lowest BCUT2D eigenvalue weighted by Crippen LogP contribution is -2.24. The van der Waals surface area contributed by atoms with Gasteiger partial charge in [0.25, 0.3) is 0 Å². The highest BCUT2D eigenvalue weighted by Gasteiger charge is 2.00. The Kier molecular flexibility index (Phi) is 6.81. The summed E-state index contributed by atoms with van der Waals surface area (Å²) in [5.74, 6) is 6.01. The molecule has 2 aromatic carbocycles. The Hall–Kier alpha value is -2.84. The van der Waals surface area contributed by atoms with Crippen LogP contribution in [0.3, 0.4) is 0 Å². The molecule has 0 atom stereocenters. The quantitative estimate of drug-likeness (QED) is 0.500. The third-order valence-electron chi connectivity index (χ3n) is 3.11. The van der Waals surface area contributed by atoms with E-state index in [0.29, 0.717) is 18.0 Å². The molecule has 0 aliphatic carbocycles. The molecular formula is C19H18N2O2S. The number of hydrogen-bond acceptors (Lipinski definition) is 3. The standard InChI is InChI=1S/C19H18N2O2S/c20-18(24)17-11-6-10-15(13-17)7-4-5-12-21-19(22)23-14-16-8-2-1-3-9-16/h1-3,6,8-11,13H,5,12,14H2,(H2,20,24)(H,21,22). The molecule has 122 valence electrons. The van der Waals surface area contributed by atoms with Crippen molar-refractivity contribution in [1.82, 2.24) is 5.32 Å². The van der Waals surface area contributed by atoms with Crippen LogP contribution < -0.4 is 11.1 Å². The molecule has 0 spiro atoms. The first kappa shape index (κ1) is 17.5. The molecule has 0 bridgehead atoms. The first-order chi connectivity index (χ1) is 11.6. The van der Waals surface area contributed by atoms with E-state index in [-0.39, 0.29) is 6.61 Å². The molecule has 4 nitrogen and oxygen atoms in total. The second kappa shape index (κ2) is 9.33. The second-order valence-electron chi connectivity index (χ2n) is 4.99. The van der Waals surface area contributed by atoms with Crippen molar-refractivity contribution >= 4 is 23.3 Å². The molecule has 2 aromatic rings. The summed E-state index contributed by atoms with van der Waals surface area (Å²) in [4.78, 5) is 11.9. The van der Waals surface area contributed by atoms with Gasteiger partial charge in [0.15, 0.2) is 0 Å². The fourth-order valence-corrected chi connectivity index (χ4v) is 2.04. The minimum absolute atomic E-state index is 0.254. The van der Waals surface area contributed by atoms with Gasteiger partial charge in [0, 0.05) is 24.1 Å². The predicted molar refractivity (Wildman–Crippen MR) is 98.5 cm³/mol. The van der Waals surface area contributed by atoms with E-state index in [1.165, 1.54) is 0 Å². The number of benzene rings is 2. The van der Waals surface area contributed by atoms with Crippen LogP contribution in [0.15, 0.2) is 54.6 Å². The Morgan fingerprint density at radius 3 is 2.71 bits per heavy atom. The fourth-order valence-electron chi connectivity index (χ4n) is 1.92. The van der Waals surface area contributed by atoms with Crippen LogP contribution in [-0.2, 0) is 11.3 Å². The number of rotatable bonds is 5. The van der Waals surface area contributed by atoms with Gasteiger partial charge in [-0.2, -0.15) is 0 Å². The Morgan fingerprint density at radius 2 is 1.96 bits per heavy atom. The minimum atomic E-state index is -0.448. The molecule has 0 aliphatic heterocycles. The zero-order chi connectivity index (χ0) is 17.2. The lowest BCUT2D eigenvalue weighted by molar-refractivity contribution is 0.140. The summed E-state index contributed by atoms with van der Waals surface area (Å²) in [5.41, 5.74) is 8.16. The van der Waals surface area contributed by atoms with Gasteiger partial charge in [0.1, 0.15) is 11.6 Å². The first-order valence-corrected chi connectivity index (χ1v) is 7.89. The molecule has 5 heteroatoms. The number of carbonyl (C=O) groups excluding carboxylic acids is 1. The fraction of sp³-hybridized carbons (Fsp3) is 0.158. The minimum Gasteiger partial charge on any atom is -0.445 e. The third kappa shape index (κ3) is 6.11. The first-order valence-electron chi connectivity index (χ1n) is 7.48. The molecule has 1 amide bonds. The van der Waals surface area contributed by atoms with E-state index < -0.39 is 6.09 Å². The topological polar surface area (TPSA) is 64.3 Å². The van der Waals surface area contributed by atoms with Crippen LogP contribution >= 0.6 is 12.2 Å². The van der Waals surface area contributed by atoms with Crippen molar-refractivity contribution in [3.63, 3.8) is 0 Å². The van der Waals surface area contributed by atoms with E-state index in [9.17, 15) is 4.79 Å². The lowest BCUT2D eigenvalue weighted by Gasteiger charge is -2.05. The normalized spacial score (nSPS) is 9.50. The largest absolute Gasteiger partial charge is 0.445 e. The molecule has 0 saturated carbocycles. The summed E-state index contributed by atoms with van der Waals surface area (Å²) in [7, 11) is 0. The van der Waals surface area contributed by atoms with E-state index in [2.05, 4.69) is 17.2 Å². The Balaban J connectivity index is 1.70. The summed E-state index contributed by atoms with van der Waals surface area (Å²) in [6.45, 7) is 0.680. The molecule has 0 aromatic heterocycles. The van der Waals surface area contributed by atoms with Crippen molar-refractivity contribution in [2.75, 3.05) is 6.54 Å². The molecule has 3 N–H and O–H groups in total. The van der Waals surface area contributed by atoms with Crippen molar-refractivity contribution in [3.05, 3.63) is 71.3 Å². The number of amides is 1. The monoisotopic (exact) mass is 338 g/mol. The van der Waals surface area contributed by atoms with Crippen LogP contribution in [0.1, 0.15) is 23.1 Å². The van der Waals surface area contributed by atoms with E-state index in [0.717, 1.165) is 16.7 Å². The highest BCUT2D eigenvalue weighted by atomic mass is 32.1. The van der Waals surface area contributed by atoms with Gasteiger partial charge in [-0.3, -0.25) is 0 Å². The van der Waals surface area contributed by atoms with Crippen molar-refractivity contribution < 1.29 is 9.53 Å². The average Bonchev–Trinajstić information content (AvgIpc) is 2.61. The number of carbonyl (C=O) groups is 1. The molecule has 0 heterocycles. The summed E-state index contributed by atoms with van der Waals surface area (Å²) in [6, 6.07) is 17.0. The maximum absolute atomic E-state index is 11.6. The van der Waals surface area contributed by atoms with Gasteiger partial charge in [-0.25, -0.2) is 4.79 Å². The van der Waals surface area contributed by atoms with Crippen LogP contribution in [0.2, 0.25) is 0 Å². The summed E-state index contributed by atoms with van der Waals surface area (Å²) in [5, 5.41) is 2.66. The van der Waals surface area contributed by atoms with Gasteiger partial charge in [-0.1, -0.05) is 66.5 Å². The number of hydrogen-bond donors (Lipinski definition) is 2. The van der Waals surface area contributed by atoms with Gasteiger partial charge in [-0.15, -0.1) is 0 Å². The van der Waals surface area contributed by atoms with E-state index in [4.69, 9.17) is 22.7 Å². The van der Waals surface area contributed by atoms with Crippen molar-refractivity contribution in [3.8, 4) is 11.8 Å². The Labute approximate surface area is 147 Å². The molecular weight excluding hydrogens is 320 g/mol. The van der Waals surface area contributed by atoms with Gasteiger partial charge in [0.05, 0.1) is 0 Å². The SMILES string of the molecule is NC(=S)c1cccc(C#CCCNC(=O)OCc2ccccc2)c1. The van der Waals surface area contributed by atoms with Crippen LogP contribution in [-0.4, -0.2) is 17.6 Å². The molecule has 0 saturated heterocycles. The van der Waals surface area contributed by atoms with Crippen LogP contribution in [0.25, 0.3) is 0 Å². The van der Waals surface area contributed by atoms with Crippen molar-refractivity contribution in [1.29, 1.82) is 0 Å². The van der Waals surface area contributed by atoms with Gasteiger partial charge >= 0.3 is 6.09 Å². The molecule has 0 aliphatic rings. The van der Waals surface area contributed by atoms with Gasteiger partial charge in [0.2, 0.25) is 0 Å². The Morgan fingerprint density at radius 1 is 1.17 bits per heavy atom. The Bertz CT molecular complexity index is 764. The second-order valence-corrected chi connectivity index (χ2v) is 5.43.